The van der Waals surface area contributed by atoms with Crippen molar-refractivity contribution in [3.63, 3.8) is 0 Å². The standard InChI is InChI=1S/C22H37NO3/c1-5-12-22(25-16-17-26-22)13-7-8-14-23(6-2)15-11-20-18-21(24-4)10-9-19(20)3/h9-10,18H,5-8,11-17H2,1-4H3. The molecule has 1 aliphatic rings. The molecule has 1 aliphatic heterocycles. The third kappa shape index (κ3) is 6.26. The van der Waals surface area contributed by atoms with Gasteiger partial charge in [-0.05, 0) is 62.5 Å². The molecule has 0 spiro atoms. The quantitative estimate of drug-likeness (QED) is 0.509. The second-order valence-corrected chi connectivity index (χ2v) is 7.29. The molecule has 0 aromatic heterocycles. The van der Waals surface area contributed by atoms with Crippen molar-refractivity contribution >= 4 is 0 Å². The average Bonchev–Trinajstić information content (AvgIpc) is 3.11. The Morgan fingerprint density at radius 1 is 1.08 bits per heavy atom. The number of rotatable bonds is 12. The summed E-state index contributed by atoms with van der Waals surface area (Å²) in [6.45, 7) is 11.5. The van der Waals surface area contributed by atoms with Crippen molar-refractivity contribution in [2.24, 2.45) is 0 Å². The molecular formula is C22H37NO3. The molecule has 1 aromatic carbocycles. The lowest BCUT2D eigenvalue weighted by Gasteiger charge is -2.27. The van der Waals surface area contributed by atoms with Crippen molar-refractivity contribution in [2.45, 2.75) is 65.1 Å². The normalized spacial score (nSPS) is 16.3. The largest absolute Gasteiger partial charge is 0.497 e. The zero-order valence-electron chi connectivity index (χ0n) is 17.2. The molecule has 1 heterocycles. The summed E-state index contributed by atoms with van der Waals surface area (Å²) in [5.41, 5.74) is 2.73. The molecule has 2 rings (SSSR count). The summed E-state index contributed by atoms with van der Waals surface area (Å²) in [6.07, 6.45) is 6.58. The van der Waals surface area contributed by atoms with E-state index in [1.807, 2.05) is 6.07 Å². The number of aryl methyl sites for hydroxylation is 1. The number of ether oxygens (including phenoxy) is 3. The van der Waals surface area contributed by atoms with Crippen LogP contribution in [0.2, 0.25) is 0 Å². The van der Waals surface area contributed by atoms with E-state index in [4.69, 9.17) is 14.2 Å². The number of nitrogens with zero attached hydrogens (tertiary/aromatic N) is 1. The Bertz CT molecular complexity index is 526. The van der Waals surface area contributed by atoms with Crippen molar-refractivity contribution in [2.75, 3.05) is 40.0 Å². The van der Waals surface area contributed by atoms with Crippen molar-refractivity contribution in [1.29, 1.82) is 0 Å². The maximum Gasteiger partial charge on any atom is 0.168 e. The first-order chi connectivity index (χ1) is 12.6. The molecule has 0 amide bonds. The van der Waals surface area contributed by atoms with Crippen molar-refractivity contribution < 1.29 is 14.2 Å². The van der Waals surface area contributed by atoms with E-state index in [-0.39, 0.29) is 5.79 Å². The molecule has 0 atom stereocenters. The SMILES string of the molecule is CCCC1(CCCCN(CC)CCc2cc(OC)ccc2C)OCCO1. The van der Waals surface area contributed by atoms with Crippen molar-refractivity contribution in [3.05, 3.63) is 29.3 Å². The summed E-state index contributed by atoms with van der Waals surface area (Å²) in [6, 6.07) is 6.36. The Hall–Kier alpha value is -1.10. The Morgan fingerprint density at radius 2 is 1.85 bits per heavy atom. The van der Waals surface area contributed by atoms with Gasteiger partial charge in [-0.25, -0.2) is 0 Å². The van der Waals surface area contributed by atoms with Crippen LogP contribution in [-0.4, -0.2) is 50.6 Å². The van der Waals surface area contributed by atoms with Crippen LogP contribution < -0.4 is 4.74 Å². The van der Waals surface area contributed by atoms with Gasteiger partial charge in [0.25, 0.3) is 0 Å². The summed E-state index contributed by atoms with van der Waals surface area (Å²) in [5, 5.41) is 0. The monoisotopic (exact) mass is 363 g/mol. The van der Waals surface area contributed by atoms with Gasteiger partial charge in [-0.15, -0.1) is 0 Å². The van der Waals surface area contributed by atoms with Gasteiger partial charge in [0, 0.05) is 19.4 Å². The van der Waals surface area contributed by atoms with Gasteiger partial charge in [0.1, 0.15) is 5.75 Å². The van der Waals surface area contributed by atoms with Gasteiger partial charge in [0.05, 0.1) is 20.3 Å². The smallest absolute Gasteiger partial charge is 0.168 e. The molecular weight excluding hydrogens is 326 g/mol. The van der Waals surface area contributed by atoms with Gasteiger partial charge in [-0.2, -0.15) is 0 Å². The summed E-state index contributed by atoms with van der Waals surface area (Å²) >= 11 is 0. The second-order valence-electron chi connectivity index (χ2n) is 7.29. The van der Waals surface area contributed by atoms with E-state index in [9.17, 15) is 0 Å². The van der Waals surface area contributed by atoms with Crippen LogP contribution in [0.4, 0.5) is 0 Å². The first-order valence-corrected chi connectivity index (χ1v) is 10.3. The number of hydrogen-bond donors (Lipinski definition) is 0. The summed E-state index contributed by atoms with van der Waals surface area (Å²) in [5.74, 6) is 0.662. The van der Waals surface area contributed by atoms with E-state index in [0.717, 1.165) is 70.7 Å². The van der Waals surface area contributed by atoms with Crippen molar-refractivity contribution in [3.8, 4) is 5.75 Å². The van der Waals surface area contributed by atoms with E-state index in [1.54, 1.807) is 7.11 Å². The average molecular weight is 364 g/mol. The Morgan fingerprint density at radius 3 is 2.50 bits per heavy atom. The molecule has 0 unspecified atom stereocenters. The third-order valence-corrected chi connectivity index (χ3v) is 5.43. The number of likely N-dealkylation sites (N-methyl/N-ethyl adjacent to an activating group) is 1. The van der Waals surface area contributed by atoms with E-state index >= 15 is 0 Å². The third-order valence-electron chi connectivity index (χ3n) is 5.43. The minimum absolute atomic E-state index is 0.288. The minimum Gasteiger partial charge on any atom is -0.497 e. The molecule has 1 aromatic rings. The molecule has 148 valence electrons. The van der Waals surface area contributed by atoms with E-state index in [0.29, 0.717) is 0 Å². The van der Waals surface area contributed by atoms with Gasteiger partial charge in [0.2, 0.25) is 0 Å². The van der Waals surface area contributed by atoms with Crippen LogP contribution in [-0.2, 0) is 15.9 Å². The van der Waals surface area contributed by atoms with Gasteiger partial charge < -0.3 is 19.1 Å². The van der Waals surface area contributed by atoms with Crippen LogP contribution in [0.5, 0.6) is 5.75 Å². The fourth-order valence-electron chi connectivity index (χ4n) is 3.77. The molecule has 0 N–H and O–H groups in total. The fourth-order valence-corrected chi connectivity index (χ4v) is 3.77. The highest BCUT2D eigenvalue weighted by molar-refractivity contribution is 5.35. The predicted molar refractivity (Wildman–Crippen MR) is 107 cm³/mol. The highest BCUT2D eigenvalue weighted by Gasteiger charge is 2.34. The van der Waals surface area contributed by atoms with Crippen LogP contribution in [0.3, 0.4) is 0 Å². The minimum atomic E-state index is -0.288. The summed E-state index contributed by atoms with van der Waals surface area (Å²) < 4.78 is 17.2. The van der Waals surface area contributed by atoms with E-state index in [2.05, 4.69) is 37.8 Å². The van der Waals surface area contributed by atoms with Crippen molar-refractivity contribution in [1.82, 2.24) is 4.90 Å². The number of unbranched alkanes of at least 4 members (excludes halogenated alkanes) is 1. The molecule has 0 aliphatic carbocycles. The zero-order chi connectivity index (χ0) is 18.8. The van der Waals surface area contributed by atoms with Crippen LogP contribution >= 0.6 is 0 Å². The molecule has 0 saturated carbocycles. The maximum atomic E-state index is 5.91. The Balaban J connectivity index is 1.74. The van der Waals surface area contributed by atoms with Crippen LogP contribution in [0.15, 0.2) is 18.2 Å². The lowest BCUT2D eigenvalue weighted by atomic mass is 10.0. The molecule has 26 heavy (non-hydrogen) atoms. The molecule has 4 nitrogen and oxygen atoms in total. The molecule has 1 fully saturated rings. The maximum absolute atomic E-state index is 5.91. The zero-order valence-corrected chi connectivity index (χ0v) is 17.2. The van der Waals surface area contributed by atoms with Gasteiger partial charge in [-0.1, -0.05) is 26.3 Å². The second kappa shape index (κ2) is 10.9. The lowest BCUT2D eigenvalue weighted by Crippen LogP contribution is -2.31. The molecule has 0 bridgehead atoms. The van der Waals surface area contributed by atoms with E-state index < -0.39 is 0 Å². The molecule has 4 heteroatoms. The Kier molecular flexibility index (Phi) is 8.89. The number of methoxy groups -OCH3 is 1. The van der Waals surface area contributed by atoms with Gasteiger partial charge >= 0.3 is 0 Å². The predicted octanol–water partition coefficient (Wildman–Crippen LogP) is 4.58. The fraction of sp³-hybridized carbons (Fsp3) is 0.727. The Labute approximate surface area is 159 Å². The first-order valence-electron chi connectivity index (χ1n) is 10.3. The van der Waals surface area contributed by atoms with Crippen LogP contribution in [0.25, 0.3) is 0 Å². The highest BCUT2D eigenvalue weighted by atomic mass is 16.7. The van der Waals surface area contributed by atoms with Gasteiger partial charge in [0.15, 0.2) is 5.79 Å². The van der Waals surface area contributed by atoms with Gasteiger partial charge in [-0.3, -0.25) is 0 Å². The number of hydrogen-bond acceptors (Lipinski definition) is 4. The topological polar surface area (TPSA) is 30.9 Å². The lowest BCUT2D eigenvalue weighted by molar-refractivity contribution is -0.167. The van der Waals surface area contributed by atoms with Crippen LogP contribution in [0, 0.1) is 6.92 Å². The summed E-state index contributed by atoms with van der Waals surface area (Å²) in [4.78, 5) is 2.54. The molecule has 0 radical (unpaired) electrons. The first kappa shape index (κ1) is 21.2. The van der Waals surface area contributed by atoms with Crippen LogP contribution in [0.1, 0.15) is 57.1 Å². The summed E-state index contributed by atoms with van der Waals surface area (Å²) in [7, 11) is 1.73. The molecule has 1 saturated heterocycles. The highest BCUT2D eigenvalue weighted by Crippen LogP contribution is 2.30. The van der Waals surface area contributed by atoms with E-state index in [1.165, 1.54) is 17.5 Å². The number of benzene rings is 1.